The van der Waals surface area contributed by atoms with Gasteiger partial charge in [0.15, 0.2) is 11.5 Å². The maximum Gasteiger partial charge on any atom is 0.380 e. The van der Waals surface area contributed by atoms with Crippen LogP contribution in [0, 0.1) is 6.92 Å². The molecule has 2 aromatic carbocycles. The van der Waals surface area contributed by atoms with E-state index in [2.05, 4.69) is 5.32 Å². The quantitative estimate of drug-likeness (QED) is 0.270. The highest BCUT2D eigenvalue weighted by Gasteiger charge is 2.50. The molecule has 0 atom stereocenters. The van der Waals surface area contributed by atoms with Gasteiger partial charge in [-0.25, -0.2) is 0 Å². The molecule has 0 amide bonds. The number of nitrogens with one attached hydrogen (secondary N) is 1. The third-order valence-electron chi connectivity index (χ3n) is 3.98. The second-order valence-electron chi connectivity index (χ2n) is 6.28. The van der Waals surface area contributed by atoms with Crippen molar-refractivity contribution in [2.75, 3.05) is 20.2 Å². The summed E-state index contributed by atoms with van der Waals surface area (Å²) in [6, 6.07) is 11.3. The van der Waals surface area contributed by atoms with Crippen molar-refractivity contribution < 1.29 is 35.0 Å². The topological polar surface area (TPSA) is 132 Å². The number of methoxy groups -OCH3 is 1. The molecule has 27 heavy (non-hydrogen) atoms. The molecule has 0 aromatic heterocycles. The monoisotopic (exact) mass is 379 g/mol. The SMILES string of the molecule is COc1ccc(CCNCC(O)(O)C(O)(O)Oc2cccc(C)c2)cc1O. The molecule has 0 aliphatic heterocycles. The Morgan fingerprint density at radius 2 is 1.78 bits per heavy atom. The molecule has 0 aliphatic carbocycles. The number of benzene rings is 2. The van der Waals surface area contributed by atoms with E-state index in [1.807, 2.05) is 0 Å². The van der Waals surface area contributed by atoms with Crippen LogP contribution in [0.3, 0.4) is 0 Å². The molecule has 0 saturated heterocycles. The summed E-state index contributed by atoms with van der Waals surface area (Å²) in [5.41, 5.74) is 1.60. The van der Waals surface area contributed by atoms with E-state index in [1.165, 1.54) is 25.3 Å². The molecule has 0 fully saturated rings. The number of aryl methyl sites for hydroxylation is 1. The first-order valence-electron chi connectivity index (χ1n) is 8.36. The van der Waals surface area contributed by atoms with Crippen LogP contribution in [0.1, 0.15) is 11.1 Å². The van der Waals surface area contributed by atoms with E-state index in [-0.39, 0.29) is 18.0 Å². The third kappa shape index (κ3) is 5.56. The number of aliphatic hydroxyl groups is 4. The van der Waals surface area contributed by atoms with E-state index in [0.29, 0.717) is 12.2 Å². The molecule has 0 bridgehead atoms. The van der Waals surface area contributed by atoms with Gasteiger partial charge in [0, 0.05) is 0 Å². The molecule has 0 saturated carbocycles. The predicted octanol–water partition coefficient (Wildman–Crippen LogP) is 0.240. The number of aromatic hydroxyl groups is 1. The molecular weight excluding hydrogens is 354 g/mol. The highest BCUT2D eigenvalue weighted by molar-refractivity contribution is 5.41. The minimum Gasteiger partial charge on any atom is -0.504 e. The van der Waals surface area contributed by atoms with Crippen LogP contribution < -0.4 is 14.8 Å². The summed E-state index contributed by atoms with van der Waals surface area (Å²) in [6.07, 6.45) is 0.455. The van der Waals surface area contributed by atoms with Crippen LogP contribution in [-0.4, -0.2) is 57.5 Å². The van der Waals surface area contributed by atoms with E-state index in [1.54, 1.807) is 31.2 Å². The van der Waals surface area contributed by atoms with Crippen molar-refractivity contribution in [1.82, 2.24) is 5.32 Å². The number of phenolic OH excluding ortho intramolecular Hbond substituents is 1. The zero-order valence-electron chi connectivity index (χ0n) is 15.2. The Kier molecular flexibility index (Phi) is 6.63. The number of hydrogen-bond donors (Lipinski definition) is 6. The Bertz CT molecular complexity index is 761. The second-order valence-corrected chi connectivity index (χ2v) is 6.28. The van der Waals surface area contributed by atoms with Crippen molar-refractivity contribution in [2.24, 2.45) is 0 Å². The Hall–Kier alpha value is -2.36. The molecule has 0 radical (unpaired) electrons. The van der Waals surface area contributed by atoms with E-state index in [0.717, 1.165) is 11.1 Å². The minimum absolute atomic E-state index is 0.00458. The number of ether oxygens (including phenoxy) is 2. The van der Waals surface area contributed by atoms with Crippen molar-refractivity contribution in [3.05, 3.63) is 53.6 Å². The fourth-order valence-electron chi connectivity index (χ4n) is 2.43. The van der Waals surface area contributed by atoms with Gasteiger partial charge in [-0.1, -0.05) is 18.2 Å². The van der Waals surface area contributed by atoms with Gasteiger partial charge in [0.1, 0.15) is 5.75 Å². The minimum atomic E-state index is -3.22. The van der Waals surface area contributed by atoms with E-state index in [9.17, 15) is 25.5 Å². The number of phenols is 1. The fourth-order valence-corrected chi connectivity index (χ4v) is 2.43. The van der Waals surface area contributed by atoms with Crippen LogP contribution in [0.2, 0.25) is 0 Å². The summed E-state index contributed by atoms with van der Waals surface area (Å²) in [5, 5.41) is 52.3. The Labute approximate surface area is 157 Å². The van der Waals surface area contributed by atoms with Gasteiger partial charge in [-0.2, -0.15) is 0 Å². The van der Waals surface area contributed by atoms with Gasteiger partial charge < -0.3 is 40.3 Å². The standard InChI is InChI=1S/C19H25NO7/c1-13-4-3-5-15(10-13)27-19(24,25)18(22,23)12-20-9-8-14-6-7-17(26-2)16(21)11-14/h3-7,10-11,20-25H,8-9,12H2,1-2H3. The molecule has 2 rings (SSSR count). The zero-order chi connectivity index (χ0) is 20.1. The van der Waals surface area contributed by atoms with Crippen LogP contribution in [0.15, 0.2) is 42.5 Å². The normalized spacial score (nSPS) is 12.1. The summed E-state index contributed by atoms with van der Waals surface area (Å²) in [4.78, 5) is 0. The summed E-state index contributed by atoms with van der Waals surface area (Å²) in [5.74, 6) is -5.73. The van der Waals surface area contributed by atoms with Gasteiger partial charge in [-0.05, 0) is 55.3 Å². The van der Waals surface area contributed by atoms with Crippen LogP contribution in [-0.2, 0) is 6.42 Å². The van der Waals surface area contributed by atoms with Crippen molar-refractivity contribution in [1.29, 1.82) is 0 Å². The maximum absolute atomic E-state index is 9.99. The summed E-state index contributed by atoms with van der Waals surface area (Å²) >= 11 is 0. The molecule has 0 spiro atoms. The average molecular weight is 379 g/mol. The van der Waals surface area contributed by atoms with Crippen molar-refractivity contribution in [3.63, 3.8) is 0 Å². The lowest BCUT2D eigenvalue weighted by Crippen LogP contribution is -2.63. The van der Waals surface area contributed by atoms with Gasteiger partial charge in [0.2, 0.25) is 0 Å². The molecular formula is C19H25NO7. The first-order valence-corrected chi connectivity index (χ1v) is 8.36. The molecule has 0 heterocycles. The lowest BCUT2D eigenvalue weighted by molar-refractivity contribution is -0.430. The first-order chi connectivity index (χ1) is 12.6. The number of hydrogen-bond acceptors (Lipinski definition) is 8. The summed E-state index contributed by atoms with van der Waals surface area (Å²) in [7, 11) is 1.45. The first kappa shape index (κ1) is 20.9. The summed E-state index contributed by atoms with van der Waals surface area (Å²) < 4.78 is 9.89. The Morgan fingerprint density at radius 3 is 2.41 bits per heavy atom. The van der Waals surface area contributed by atoms with Crippen LogP contribution in [0.4, 0.5) is 0 Å². The highest BCUT2D eigenvalue weighted by Crippen LogP contribution is 2.26. The van der Waals surface area contributed by atoms with E-state index >= 15 is 0 Å². The van der Waals surface area contributed by atoms with Crippen molar-refractivity contribution in [3.8, 4) is 17.2 Å². The van der Waals surface area contributed by atoms with Crippen molar-refractivity contribution in [2.45, 2.75) is 25.1 Å². The molecule has 0 aliphatic rings. The fraction of sp³-hybridized carbons (Fsp3) is 0.368. The smallest absolute Gasteiger partial charge is 0.380 e. The van der Waals surface area contributed by atoms with Crippen LogP contribution >= 0.6 is 0 Å². The van der Waals surface area contributed by atoms with Gasteiger partial charge in [-0.3, -0.25) is 0 Å². The van der Waals surface area contributed by atoms with Crippen LogP contribution in [0.5, 0.6) is 17.2 Å². The Morgan fingerprint density at radius 1 is 1.04 bits per heavy atom. The van der Waals surface area contributed by atoms with Gasteiger partial charge in [0.05, 0.1) is 13.7 Å². The second kappa shape index (κ2) is 8.55. The highest BCUT2D eigenvalue weighted by atomic mass is 16.8. The predicted molar refractivity (Wildman–Crippen MR) is 97.4 cm³/mol. The zero-order valence-corrected chi connectivity index (χ0v) is 15.2. The third-order valence-corrected chi connectivity index (χ3v) is 3.98. The molecule has 148 valence electrons. The number of rotatable bonds is 9. The molecule has 8 nitrogen and oxygen atoms in total. The van der Waals surface area contributed by atoms with Gasteiger partial charge in [0.25, 0.3) is 5.79 Å². The van der Waals surface area contributed by atoms with Gasteiger partial charge >= 0.3 is 5.97 Å². The van der Waals surface area contributed by atoms with Gasteiger partial charge in [-0.15, -0.1) is 0 Å². The van der Waals surface area contributed by atoms with E-state index in [4.69, 9.17) is 9.47 Å². The summed E-state index contributed by atoms with van der Waals surface area (Å²) in [6.45, 7) is 1.51. The van der Waals surface area contributed by atoms with E-state index < -0.39 is 18.3 Å². The maximum atomic E-state index is 9.99. The lowest BCUT2D eigenvalue weighted by Gasteiger charge is -2.34. The average Bonchev–Trinajstić information content (AvgIpc) is 2.58. The molecule has 6 N–H and O–H groups in total. The largest absolute Gasteiger partial charge is 0.504 e. The molecule has 2 aromatic rings. The molecule has 0 unspecified atom stereocenters. The van der Waals surface area contributed by atoms with Crippen molar-refractivity contribution >= 4 is 0 Å². The Balaban J connectivity index is 1.88. The molecule has 8 heteroatoms. The van der Waals surface area contributed by atoms with Crippen LogP contribution in [0.25, 0.3) is 0 Å². The lowest BCUT2D eigenvalue weighted by atomic mass is 10.1.